The summed E-state index contributed by atoms with van der Waals surface area (Å²) < 4.78 is 30.8. The third-order valence-corrected chi connectivity index (χ3v) is 11.2. The number of hydrogen-bond donors (Lipinski definition) is 2. The minimum Gasteiger partial charge on any atom is -0.488 e. The topological polar surface area (TPSA) is 166 Å². The molecule has 3 unspecified atom stereocenters. The Morgan fingerprint density at radius 1 is 0.964 bits per heavy atom. The molecule has 56 heavy (non-hydrogen) atoms. The smallest absolute Gasteiger partial charge is 0.410 e. The lowest BCUT2D eigenvalue weighted by Gasteiger charge is -2.46. The van der Waals surface area contributed by atoms with Crippen molar-refractivity contribution in [2.24, 2.45) is 23.2 Å². The number of nitrogens with zero attached hydrogens (tertiary/aromatic N) is 3. The molecule has 1 aromatic heterocycles. The fourth-order valence-electron chi connectivity index (χ4n) is 8.26. The van der Waals surface area contributed by atoms with Gasteiger partial charge in [-0.2, -0.15) is 0 Å². The minimum absolute atomic E-state index is 0.0304. The van der Waals surface area contributed by atoms with E-state index < -0.39 is 47.2 Å². The van der Waals surface area contributed by atoms with E-state index in [1.54, 1.807) is 25.7 Å². The lowest BCUT2D eigenvalue weighted by molar-refractivity contribution is -0.152. The van der Waals surface area contributed by atoms with Crippen LogP contribution in [0.15, 0.2) is 24.3 Å². The van der Waals surface area contributed by atoms with Crippen molar-refractivity contribution in [1.82, 2.24) is 20.1 Å². The molecule has 2 N–H and O–H groups in total. The van der Waals surface area contributed by atoms with Crippen molar-refractivity contribution in [1.29, 1.82) is 0 Å². The average Bonchev–Trinajstić information content (AvgIpc) is 3.85. The summed E-state index contributed by atoms with van der Waals surface area (Å²) in [6.07, 6.45) is 5.16. The maximum Gasteiger partial charge on any atom is 0.410 e. The van der Waals surface area contributed by atoms with E-state index in [4.69, 9.17) is 28.7 Å². The molecule has 5 atom stereocenters. The second-order valence-corrected chi connectivity index (χ2v) is 18.1. The molecule has 4 fully saturated rings. The van der Waals surface area contributed by atoms with Gasteiger partial charge < -0.3 is 43.9 Å². The Morgan fingerprint density at radius 3 is 2.29 bits per heavy atom. The molecule has 3 amide bonds. The number of benzene rings is 1. The van der Waals surface area contributed by atoms with Crippen LogP contribution >= 0.6 is 0 Å². The monoisotopic (exact) mass is 780 g/mol. The number of fused-ring (bicyclic) bond motifs is 3. The Morgan fingerprint density at radius 2 is 1.66 bits per heavy atom. The number of pyridine rings is 1. The standard InChI is InChI=1S/C42H60N4O10/c1-41(2,3)35(44-39(49)50)37(47)46-22-28(19-32(46)38(48)52-7)54-36-30(15-10-8-9-13-25-17-18-25)34(29-14-11-12-16-31(29)43-36)55-33-26-20-45(21-27(33)24-53-23-26)40(51)56-42(4,5)6/h11-12,14,16,25-28,32-33,35,44H,8-10,13,15,17-24H2,1-7H3,(H,49,50)/t26?,27?,28?,32-,33?,35+/m0/s1. The fourth-order valence-corrected chi connectivity index (χ4v) is 8.26. The first-order chi connectivity index (χ1) is 26.5. The van der Waals surface area contributed by atoms with Gasteiger partial charge >= 0.3 is 18.2 Å². The SMILES string of the molecule is COC(=O)[C@@H]1CC(Oc2nc3ccccc3c(OC3C4COCC3CN(C(=O)OC(C)(C)C)C4)c2CCCCCC2CC2)CN1C(=O)[C@@H](NC(=O)O)C(C)(C)C. The number of ether oxygens (including phenoxy) is 5. The molecule has 14 nitrogen and oxygen atoms in total. The van der Waals surface area contributed by atoms with Gasteiger partial charge in [0.15, 0.2) is 0 Å². The molecule has 0 spiro atoms. The van der Waals surface area contributed by atoms with Crippen LogP contribution in [-0.4, -0.2) is 114 Å². The second kappa shape index (κ2) is 17.0. The van der Waals surface area contributed by atoms with E-state index in [2.05, 4.69) is 5.32 Å². The first-order valence-electron chi connectivity index (χ1n) is 20.2. The Labute approximate surface area is 329 Å². The highest BCUT2D eigenvalue weighted by Gasteiger charge is 2.48. The van der Waals surface area contributed by atoms with E-state index in [-0.39, 0.29) is 37.0 Å². The van der Waals surface area contributed by atoms with Gasteiger partial charge in [-0.15, -0.1) is 0 Å². The van der Waals surface area contributed by atoms with Crippen LogP contribution in [-0.2, 0) is 30.2 Å². The van der Waals surface area contributed by atoms with Crippen LogP contribution in [0.4, 0.5) is 9.59 Å². The van der Waals surface area contributed by atoms with E-state index >= 15 is 0 Å². The van der Waals surface area contributed by atoms with E-state index in [0.29, 0.717) is 49.9 Å². The Kier molecular flexibility index (Phi) is 12.6. The van der Waals surface area contributed by atoms with E-state index in [0.717, 1.165) is 36.1 Å². The van der Waals surface area contributed by atoms with Crippen LogP contribution in [0.3, 0.4) is 0 Å². The van der Waals surface area contributed by atoms with Crippen LogP contribution in [0.25, 0.3) is 10.9 Å². The van der Waals surface area contributed by atoms with Crippen LogP contribution in [0, 0.1) is 23.2 Å². The first-order valence-corrected chi connectivity index (χ1v) is 20.2. The molecule has 1 aliphatic carbocycles. The number of esters is 1. The number of likely N-dealkylation sites (tertiary alicyclic amines) is 2. The average molecular weight is 781 g/mol. The molecule has 0 radical (unpaired) electrons. The molecule has 2 aromatic rings. The molecule has 2 bridgehead atoms. The number of carbonyl (C=O) groups excluding carboxylic acids is 3. The number of rotatable bonds is 13. The predicted molar refractivity (Wildman–Crippen MR) is 208 cm³/mol. The lowest BCUT2D eigenvalue weighted by atomic mass is 9.84. The predicted octanol–water partition coefficient (Wildman–Crippen LogP) is 6.21. The highest BCUT2D eigenvalue weighted by atomic mass is 16.6. The van der Waals surface area contributed by atoms with E-state index in [1.165, 1.54) is 31.3 Å². The summed E-state index contributed by atoms with van der Waals surface area (Å²) in [6.45, 7) is 12.7. The van der Waals surface area contributed by atoms with Gasteiger partial charge in [-0.1, -0.05) is 65.0 Å². The summed E-state index contributed by atoms with van der Waals surface area (Å²) in [5.74, 6) is 0.597. The van der Waals surface area contributed by atoms with Gasteiger partial charge in [-0.05, 0) is 57.1 Å². The van der Waals surface area contributed by atoms with Crippen LogP contribution in [0.2, 0.25) is 0 Å². The highest BCUT2D eigenvalue weighted by Crippen LogP contribution is 2.42. The molecule has 1 aromatic carbocycles. The Balaban J connectivity index is 1.32. The van der Waals surface area contributed by atoms with Gasteiger partial charge in [0.05, 0.1) is 37.9 Å². The van der Waals surface area contributed by atoms with Gasteiger partial charge in [0.2, 0.25) is 11.8 Å². The molecule has 1 saturated carbocycles. The van der Waals surface area contributed by atoms with E-state index in [1.807, 2.05) is 45.0 Å². The van der Waals surface area contributed by atoms with Crippen molar-refractivity contribution in [3.8, 4) is 11.6 Å². The fraction of sp³-hybridized carbons (Fsp3) is 0.690. The molecule has 3 saturated heterocycles. The quantitative estimate of drug-likeness (QED) is 0.175. The third-order valence-electron chi connectivity index (χ3n) is 11.2. The third kappa shape index (κ3) is 9.96. The number of nitrogens with one attached hydrogen (secondary N) is 1. The van der Waals surface area contributed by atoms with Gasteiger partial charge in [-0.3, -0.25) is 4.79 Å². The Hall–Kier alpha value is -4.33. The number of para-hydroxylation sites is 1. The van der Waals surface area contributed by atoms with Crippen molar-refractivity contribution < 1.29 is 48.0 Å². The summed E-state index contributed by atoms with van der Waals surface area (Å²) >= 11 is 0. The van der Waals surface area contributed by atoms with Crippen molar-refractivity contribution in [2.45, 2.75) is 123 Å². The molecular weight excluding hydrogens is 720 g/mol. The number of aromatic nitrogens is 1. The van der Waals surface area contributed by atoms with Crippen LogP contribution < -0.4 is 14.8 Å². The number of hydrogen-bond acceptors (Lipinski definition) is 10. The zero-order chi connectivity index (χ0) is 40.4. The summed E-state index contributed by atoms with van der Waals surface area (Å²) in [7, 11) is 1.27. The van der Waals surface area contributed by atoms with Gasteiger partial charge in [0, 0.05) is 36.7 Å². The van der Waals surface area contributed by atoms with Gasteiger partial charge in [0.1, 0.15) is 35.6 Å². The van der Waals surface area contributed by atoms with Gasteiger partial charge in [-0.25, -0.2) is 19.4 Å². The second-order valence-electron chi connectivity index (χ2n) is 18.1. The van der Waals surface area contributed by atoms with Crippen LogP contribution in [0.1, 0.15) is 92.1 Å². The lowest BCUT2D eigenvalue weighted by Crippen LogP contribution is -2.59. The maximum absolute atomic E-state index is 14.0. The molecule has 6 rings (SSSR count). The first kappa shape index (κ1) is 41.3. The van der Waals surface area contributed by atoms with Crippen molar-refractivity contribution in [2.75, 3.05) is 40.0 Å². The summed E-state index contributed by atoms with van der Waals surface area (Å²) in [5.41, 5.74) is 0.111. The number of piperidine rings is 1. The molecule has 3 aliphatic heterocycles. The summed E-state index contributed by atoms with van der Waals surface area (Å²) in [5, 5.41) is 12.8. The van der Waals surface area contributed by atoms with Crippen molar-refractivity contribution >= 4 is 35.0 Å². The normalized spacial score (nSPS) is 24.4. The van der Waals surface area contributed by atoms with Gasteiger partial charge in [0.25, 0.3) is 0 Å². The molecule has 308 valence electrons. The van der Waals surface area contributed by atoms with Crippen molar-refractivity contribution in [3.05, 3.63) is 29.8 Å². The summed E-state index contributed by atoms with van der Waals surface area (Å²) in [6, 6.07) is 5.70. The Bertz CT molecular complexity index is 1740. The number of carboxylic acid groups (broad SMARTS) is 1. The number of unbranched alkanes of at least 4 members (excludes halogenated alkanes) is 2. The number of amides is 3. The highest BCUT2D eigenvalue weighted by molar-refractivity contribution is 5.91. The minimum atomic E-state index is -1.33. The van der Waals surface area contributed by atoms with Crippen molar-refractivity contribution in [3.63, 3.8) is 0 Å². The number of methoxy groups -OCH3 is 1. The van der Waals surface area contributed by atoms with E-state index in [9.17, 15) is 24.3 Å². The largest absolute Gasteiger partial charge is 0.488 e. The zero-order valence-electron chi connectivity index (χ0n) is 34.0. The maximum atomic E-state index is 14.0. The molecule has 4 aliphatic rings. The molecule has 4 heterocycles. The summed E-state index contributed by atoms with van der Waals surface area (Å²) in [4.78, 5) is 60.2. The molecular formula is C42H60N4O10. The molecule has 14 heteroatoms. The van der Waals surface area contributed by atoms with Crippen LogP contribution in [0.5, 0.6) is 11.6 Å². The zero-order valence-corrected chi connectivity index (χ0v) is 34.0. The number of carbonyl (C=O) groups is 4.